The number of aromatic nitrogens is 1. The Morgan fingerprint density at radius 2 is 2.36 bits per heavy atom. The van der Waals surface area contributed by atoms with Crippen LogP contribution >= 0.6 is 11.6 Å². The van der Waals surface area contributed by atoms with Gasteiger partial charge in [0.1, 0.15) is 12.3 Å². The van der Waals surface area contributed by atoms with Gasteiger partial charge in [0.15, 0.2) is 0 Å². The molecule has 0 saturated carbocycles. The Hall–Kier alpha value is -1.04. The molecular weight excluding hydrogens is 162 g/mol. The molecule has 3 heteroatoms. The van der Waals surface area contributed by atoms with Gasteiger partial charge in [0.2, 0.25) is 0 Å². The van der Waals surface area contributed by atoms with Crippen molar-refractivity contribution < 1.29 is 5.11 Å². The zero-order valence-corrected chi connectivity index (χ0v) is 6.47. The summed E-state index contributed by atoms with van der Waals surface area (Å²) in [5.74, 6) is 5.14. The third-order valence-corrected chi connectivity index (χ3v) is 1.25. The van der Waals surface area contributed by atoms with E-state index in [9.17, 15) is 0 Å². The van der Waals surface area contributed by atoms with Crippen molar-refractivity contribution >= 4 is 11.6 Å². The number of aliphatic hydroxyl groups is 1. The van der Waals surface area contributed by atoms with Crippen LogP contribution in [0.1, 0.15) is 5.69 Å². The SMILES string of the molecule is OCC#Cc1ccc(Cl)cn1. The predicted octanol–water partition coefficient (Wildman–Crippen LogP) is 1.08. The van der Waals surface area contributed by atoms with Crippen LogP contribution < -0.4 is 0 Å². The minimum atomic E-state index is -0.149. The highest BCUT2D eigenvalue weighted by atomic mass is 35.5. The second-order valence-corrected chi connectivity index (χ2v) is 2.26. The topological polar surface area (TPSA) is 33.1 Å². The molecule has 0 unspecified atom stereocenters. The number of aliphatic hydroxyl groups excluding tert-OH is 1. The van der Waals surface area contributed by atoms with Crippen molar-refractivity contribution in [2.45, 2.75) is 0 Å². The fraction of sp³-hybridized carbons (Fsp3) is 0.125. The highest BCUT2D eigenvalue weighted by Crippen LogP contribution is 2.04. The Balaban J connectivity index is 2.82. The molecule has 0 radical (unpaired) electrons. The van der Waals surface area contributed by atoms with Gasteiger partial charge in [-0.25, -0.2) is 4.98 Å². The highest BCUT2D eigenvalue weighted by molar-refractivity contribution is 6.30. The molecular formula is C8H6ClNO. The number of pyridine rings is 1. The molecule has 0 atom stereocenters. The lowest BCUT2D eigenvalue weighted by Crippen LogP contribution is -1.80. The average molecular weight is 168 g/mol. The Kier molecular flexibility index (Phi) is 2.91. The van der Waals surface area contributed by atoms with Gasteiger partial charge < -0.3 is 5.11 Å². The third-order valence-electron chi connectivity index (χ3n) is 1.02. The van der Waals surface area contributed by atoms with E-state index in [1.165, 1.54) is 6.20 Å². The first-order chi connectivity index (χ1) is 5.33. The van der Waals surface area contributed by atoms with Crippen molar-refractivity contribution in [3.8, 4) is 11.8 Å². The van der Waals surface area contributed by atoms with Gasteiger partial charge >= 0.3 is 0 Å². The molecule has 0 fully saturated rings. The summed E-state index contributed by atoms with van der Waals surface area (Å²) in [6.45, 7) is -0.149. The first-order valence-electron chi connectivity index (χ1n) is 3.04. The molecule has 1 aromatic rings. The van der Waals surface area contributed by atoms with Crippen LogP contribution in [0.4, 0.5) is 0 Å². The average Bonchev–Trinajstić information content (AvgIpc) is 2.04. The van der Waals surface area contributed by atoms with E-state index in [-0.39, 0.29) is 6.61 Å². The van der Waals surface area contributed by atoms with E-state index in [1.807, 2.05) is 0 Å². The monoisotopic (exact) mass is 167 g/mol. The van der Waals surface area contributed by atoms with Gasteiger partial charge in [-0.3, -0.25) is 0 Å². The van der Waals surface area contributed by atoms with Crippen molar-refractivity contribution in [2.75, 3.05) is 6.61 Å². The predicted molar refractivity (Wildman–Crippen MR) is 43.2 cm³/mol. The summed E-state index contributed by atoms with van der Waals surface area (Å²) in [6, 6.07) is 3.40. The normalized spacial score (nSPS) is 8.55. The second-order valence-electron chi connectivity index (χ2n) is 1.82. The first-order valence-corrected chi connectivity index (χ1v) is 3.42. The molecule has 0 spiro atoms. The van der Waals surface area contributed by atoms with E-state index < -0.39 is 0 Å². The van der Waals surface area contributed by atoms with Crippen LogP contribution in [0.25, 0.3) is 0 Å². The Bertz CT molecular complexity index is 283. The van der Waals surface area contributed by atoms with E-state index in [0.717, 1.165) is 0 Å². The summed E-state index contributed by atoms with van der Waals surface area (Å²) in [4.78, 5) is 3.90. The Labute approximate surface area is 69.8 Å². The van der Waals surface area contributed by atoms with Gasteiger partial charge in [-0.15, -0.1) is 0 Å². The maximum Gasteiger partial charge on any atom is 0.113 e. The lowest BCUT2D eigenvalue weighted by molar-refractivity contribution is 0.350. The van der Waals surface area contributed by atoms with Gasteiger partial charge in [-0.2, -0.15) is 0 Å². The number of hydrogen-bond acceptors (Lipinski definition) is 2. The van der Waals surface area contributed by atoms with Crippen molar-refractivity contribution in [1.29, 1.82) is 0 Å². The van der Waals surface area contributed by atoms with Gasteiger partial charge in [-0.1, -0.05) is 17.5 Å². The molecule has 0 aliphatic carbocycles. The van der Waals surface area contributed by atoms with Gasteiger partial charge in [0.25, 0.3) is 0 Å². The number of nitrogens with zero attached hydrogens (tertiary/aromatic N) is 1. The van der Waals surface area contributed by atoms with Crippen LogP contribution in [-0.2, 0) is 0 Å². The van der Waals surface area contributed by atoms with Crippen LogP contribution in [0.5, 0.6) is 0 Å². The van der Waals surface area contributed by atoms with Gasteiger partial charge in [0, 0.05) is 6.20 Å². The van der Waals surface area contributed by atoms with Crippen LogP contribution in [0.2, 0.25) is 5.02 Å². The second kappa shape index (κ2) is 3.97. The molecule has 1 heterocycles. The van der Waals surface area contributed by atoms with E-state index in [2.05, 4.69) is 16.8 Å². The van der Waals surface area contributed by atoms with Crippen molar-refractivity contribution in [2.24, 2.45) is 0 Å². The summed E-state index contributed by atoms with van der Waals surface area (Å²) >= 11 is 5.59. The quantitative estimate of drug-likeness (QED) is 0.587. The van der Waals surface area contributed by atoms with E-state index >= 15 is 0 Å². The third kappa shape index (κ3) is 2.58. The van der Waals surface area contributed by atoms with E-state index in [4.69, 9.17) is 16.7 Å². The molecule has 0 saturated heterocycles. The van der Waals surface area contributed by atoms with E-state index in [1.54, 1.807) is 12.1 Å². The molecule has 11 heavy (non-hydrogen) atoms. The van der Waals surface area contributed by atoms with Crippen molar-refractivity contribution in [3.63, 3.8) is 0 Å². The summed E-state index contributed by atoms with van der Waals surface area (Å²) in [6.07, 6.45) is 1.52. The molecule has 0 amide bonds. The number of halogens is 1. The van der Waals surface area contributed by atoms with Gasteiger partial charge in [-0.05, 0) is 18.1 Å². The molecule has 56 valence electrons. The molecule has 1 rings (SSSR count). The fourth-order valence-corrected chi connectivity index (χ4v) is 0.692. The maximum atomic E-state index is 8.35. The Morgan fingerprint density at radius 3 is 2.91 bits per heavy atom. The van der Waals surface area contributed by atoms with Crippen molar-refractivity contribution in [3.05, 3.63) is 29.0 Å². The van der Waals surface area contributed by atoms with Crippen LogP contribution in [0, 0.1) is 11.8 Å². The highest BCUT2D eigenvalue weighted by Gasteiger charge is 1.87. The fourth-order valence-electron chi connectivity index (χ4n) is 0.580. The number of rotatable bonds is 0. The minimum Gasteiger partial charge on any atom is -0.384 e. The lowest BCUT2D eigenvalue weighted by Gasteiger charge is -1.88. The number of hydrogen-bond donors (Lipinski definition) is 1. The van der Waals surface area contributed by atoms with Crippen molar-refractivity contribution in [1.82, 2.24) is 4.98 Å². The molecule has 0 aromatic carbocycles. The summed E-state index contributed by atoms with van der Waals surface area (Å²) in [5.41, 5.74) is 0.614. The molecule has 0 bridgehead atoms. The Morgan fingerprint density at radius 1 is 1.55 bits per heavy atom. The smallest absolute Gasteiger partial charge is 0.113 e. The first kappa shape index (κ1) is 8.06. The summed E-state index contributed by atoms with van der Waals surface area (Å²) in [5, 5.41) is 8.94. The maximum absolute atomic E-state index is 8.35. The summed E-state index contributed by atoms with van der Waals surface area (Å²) in [7, 11) is 0. The van der Waals surface area contributed by atoms with E-state index in [0.29, 0.717) is 10.7 Å². The zero-order chi connectivity index (χ0) is 8.10. The van der Waals surface area contributed by atoms with Gasteiger partial charge in [0.05, 0.1) is 5.02 Å². The minimum absolute atomic E-state index is 0.149. The molecule has 0 aliphatic rings. The zero-order valence-electron chi connectivity index (χ0n) is 5.71. The molecule has 1 aromatic heterocycles. The molecule has 2 nitrogen and oxygen atoms in total. The lowest BCUT2D eigenvalue weighted by atomic mass is 10.3. The van der Waals surface area contributed by atoms with Crippen LogP contribution in [0.15, 0.2) is 18.3 Å². The largest absolute Gasteiger partial charge is 0.384 e. The summed E-state index contributed by atoms with van der Waals surface area (Å²) < 4.78 is 0. The van der Waals surface area contributed by atoms with Crippen LogP contribution in [0.3, 0.4) is 0 Å². The molecule has 1 N–H and O–H groups in total. The van der Waals surface area contributed by atoms with Crippen LogP contribution in [-0.4, -0.2) is 16.7 Å². The standard InChI is InChI=1S/C8H6ClNO/c9-7-3-4-8(10-6-7)2-1-5-11/h3-4,6,11H,5H2. The molecule has 0 aliphatic heterocycles.